The minimum absolute atomic E-state index is 0.0549. The highest BCUT2D eigenvalue weighted by molar-refractivity contribution is 6.06. The predicted octanol–water partition coefficient (Wildman–Crippen LogP) is 1.02. The summed E-state index contributed by atoms with van der Waals surface area (Å²) in [5.41, 5.74) is 0.277. The van der Waals surface area contributed by atoms with Crippen molar-refractivity contribution in [3.8, 4) is 17.2 Å². The molecule has 0 amide bonds. The molecular formula is C17H19NO9. The molecule has 0 saturated heterocycles. The highest BCUT2D eigenvalue weighted by Gasteiger charge is 2.36. The molecule has 0 bridgehead atoms. The summed E-state index contributed by atoms with van der Waals surface area (Å²) in [5.74, 6) is -1.81. The fourth-order valence-electron chi connectivity index (χ4n) is 2.59. The number of hydrogen-bond donors (Lipinski definition) is 1. The molecule has 1 aliphatic rings. The predicted molar refractivity (Wildman–Crippen MR) is 91.0 cm³/mol. The van der Waals surface area contributed by atoms with Crippen LogP contribution in [0.4, 0.5) is 5.69 Å². The maximum absolute atomic E-state index is 12.3. The van der Waals surface area contributed by atoms with Crippen molar-refractivity contribution in [1.29, 1.82) is 0 Å². The minimum Gasteiger partial charge on any atom is -0.492 e. The lowest BCUT2D eigenvalue weighted by Crippen LogP contribution is -2.18. The number of rotatable bonds is 7. The first kappa shape index (κ1) is 19.9. The van der Waals surface area contributed by atoms with Crippen molar-refractivity contribution in [3.05, 3.63) is 22.9 Å². The van der Waals surface area contributed by atoms with E-state index in [0.717, 1.165) is 20.3 Å². The van der Waals surface area contributed by atoms with Crippen LogP contribution in [0.3, 0.4) is 0 Å². The first-order valence-corrected chi connectivity index (χ1v) is 7.60. The third-order valence-electron chi connectivity index (χ3n) is 3.76. The van der Waals surface area contributed by atoms with Crippen molar-refractivity contribution in [2.45, 2.75) is 6.61 Å². The van der Waals surface area contributed by atoms with Gasteiger partial charge in [-0.25, -0.2) is 14.4 Å². The summed E-state index contributed by atoms with van der Waals surface area (Å²) in [6.07, 6.45) is 0.884. The Balaban J connectivity index is 2.73. The number of methoxy groups -OCH3 is 5. The first-order valence-electron chi connectivity index (χ1n) is 7.60. The quantitative estimate of drug-likeness (QED) is 0.416. The topological polar surface area (TPSA) is 119 Å². The number of ether oxygens (including phenoxy) is 6. The van der Waals surface area contributed by atoms with Gasteiger partial charge in [0.05, 0.1) is 52.8 Å². The van der Waals surface area contributed by atoms with Crippen LogP contribution >= 0.6 is 0 Å². The molecule has 1 heterocycles. The first-order chi connectivity index (χ1) is 12.9. The van der Waals surface area contributed by atoms with E-state index in [1.54, 1.807) is 0 Å². The monoisotopic (exact) mass is 381 g/mol. The molecule has 10 heteroatoms. The van der Waals surface area contributed by atoms with Crippen molar-refractivity contribution < 1.29 is 42.8 Å². The van der Waals surface area contributed by atoms with E-state index >= 15 is 0 Å². The third-order valence-corrected chi connectivity index (χ3v) is 3.76. The number of benzene rings is 1. The Morgan fingerprint density at radius 3 is 2.11 bits per heavy atom. The third kappa shape index (κ3) is 3.59. The molecular weight excluding hydrogens is 362 g/mol. The zero-order chi connectivity index (χ0) is 20.1. The van der Waals surface area contributed by atoms with Gasteiger partial charge in [-0.15, -0.1) is 0 Å². The normalized spacial score (nSPS) is 12.6. The van der Waals surface area contributed by atoms with Crippen LogP contribution in [-0.2, 0) is 30.4 Å². The van der Waals surface area contributed by atoms with Gasteiger partial charge < -0.3 is 33.7 Å². The van der Waals surface area contributed by atoms with E-state index in [0.29, 0.717) is 5.56 Å². The molecule has 0 fully saturated rings. The number of fused-ring (bicyclic) bond motifs is 1. The van der Waals surface area contributed by atoms with Gasteiger partial charge in [-0.2, -0.15) is 0 Å². The zero-order valence-electron chi connectivity index (χ0n) is 15.5. The molecule has 2 rings (SSSR count). The number of anilines is 1. The fraction of sp³-hybridized carbons (Fsp3) is 0.353. The van der Waals surface area contributed by atoms with Gasteiger partial charge in [-0.05, 0) is 0 Å². The maximum atomic E-state index is 12.3. The number of nitrogens with one attached hydrogen (secondary N) is 1. The summed E-state index contributed by atoms with van der Waals surface area (Å²) >= 11 is 0. The largest absolute Gasteiger partial charge is 0.492 e. The Morgan fingerprint density at radius 2 is 1.59 bits per heavy atom. The van der Waals surface area contributed by atoms with Crippen LogP contribution in [0.1, 0.15) is 15.9 Å². The number of carbonyl (C=O) groups is 3. The van der Waals surface area contributed by atoms with Gasteiger partial charge in [0.2, 0.25) is 5.75 Å². The maximum Gasteiger partial charge on any atom is 0.354 e. The molecule has 0 aliphatic carbocycles. The Labute approximate surface area is 154 Å². The molecule has 0 unspecified atom stereocenters. The average Bonchev–Trinajstić information content (AvgIpc) is 3.07. The second-order valence-corrected chi connectivity index (χ2v) is 5.10. The van der Waals surface area contributed by atoms with Gasteiger partial charge in [-0.1, -0.05) is 0 Å². The van der Waals surface area contributed by atoms with Gasteiger partial charge in [0, 0.05) is 0 Å². The number of esters is 3. The van der Waals surface area contributed by atoms with Crippen molar-refractivity contribution >= 4 is 23.6 Å². The molecule has 27 heavy (non-hydrogen) atoms. The summed E-state index contributed by atoms with van der Waals surface area (Å²) in [6, 6.07) is 0. The van der Waals surface area contributed by atoms with E-state index < -0.39 is 17.9 Å². The molecule has 10 nitrogen and oxygen atoms in total. The van der Waals surface area contributed by atoms with Crippen LogP contribution in [0.25, 0.3) is 0 Å². The van der Waals surface area contributed by atoms with Gasteiger partial charge >= 0.3 is 17.9 Å². The highest BCUT2D eigenvalue weighted by Crippen LogP contribution is 2.50. The van der Waals surface area contributed by atoms with E-state index in [4.69, 9.17) is 18.9 Å². The van der Waals surface area contributed by atoms with E-state index in [9.17, 15) is 14.4 Å². The molecule has 1 N–H and O–H groups in total. The standard InChI is InChI=1S/C17H19NO9/c1-22-10(19)6-9(16(20)26-5)18-12-11-8(7-27-17(11)21)13(23-2)15(25-4)14(12)24-3/h6,18H,7H2,1-5H3/b9-6+. The molecule has 1 aromatic rings. The average molecular weight is 381 g/mol. The van der Waals surface area contributed by atoms with E-state index in [1.165, 1.54) is 21.3 Å². The summed E-state index contributed by atoms with van der Waals surface area (Å²) < 4.78 is 30.3. The molecule has 146 valence electrons. The Kier molecular flexibility index (Phi) is 6.11. The second kappa shape index (κ2) is 8.30. The lowest BCUT2D eigenvalue weighted by atomic mass is 10.0. The fourth-order valence-corrected chi connectivity index (χ4v) is 2.59. The number of hydrogen-bond acceptors (Lipinski definition) is 10. The Morgan fingerprint density at radius 1 is 0.963 bits per heavy atom. The van der Waals surface area contributed by atoms with E-state index in [1.807, 2.05) is 0 Å². The van der Waals surface area contributed by atoms with Crippen LogP contribution in [0.15, 0.2) is 11.8 Å². The molecule has 0 saturated carbocycles. The van der Waals surface area contributed by atoms with Crippen molar-refractivity contribution in [2.75, 3.05) is 40.9 Å². The highest BCUT2D eigenvalue weighted by atomic mass is 16.6. The second-order valence-electron chi connectivity index (χ2n) is 5.10. The SMILES string of the molecule is COC(=O)/C=C(/Nc1c(OC)c(OC)c(OC)c2c1C(=O)OC2)C(=O)OC. The minimum atomic E-state index is -0.864. The van der Waals surface area contributed by atoms with Crippen LogP contribution in [0.2, 0.25) is 0 Å². The van der Waals surface area contributed by atoms with Crippen LogP contribution < -0.4 is 19.5 Å². The summed E-state index contributed by atoms with van der Waals surface area (Å²) in [5, 5.41) is 2.70. The molecule has 0 spiro atoms. The Bertz CT molecular complexity index is 813. The van der Waals surface area contributed by atoms with Crippen LogP contribution in [0.5, 0.6) is 17.2 Å². The van der Waals surface area contributed by atoms with Crippen molar-refractivity contribution in [2.24, 2.45) is 0 Å². The van der Waals surface area contributed by atoms with Crippen LogP contribution in [0, 0.1) is 0 Å². The van der Waals surface area contributed by atoms with Crippen molar-refractivity contribution in [3.63, 3.8) is 0 Å². The Hall–Kier alpha value is -3.43. The molecule has 1 aliphatic heterocycles. The number of cyclic esters (lactones) is 1. The molecule has 1 aromatic carbocycles. The van der Waals surface area contributed by atoms with E-state index in [-0.39, 0.29) is 40.8 Å². The van der Waals surface area contributed by atoms with E-state index in [2.05, 4.69) is 14.8 Å². The lowest BCUT2D eigenvalue weighted by molar-refractivity contribution is -0.138. The molecule has 0 aromatic heterocycles. The van der Waals surface area contributed by atoms with Crippen molar-refractivity contribution in [1.82, 2.24) is 0 Å². The molecule has 0 radical (unpaired) electrons. The van der Waals surface area contributed by atoms with Gasteiger partial charge in [0.1, 0.15) is 18.0 Å². The van der Waals surface area contributed by atoms with Gasteiger partial charge in [0.25, 0.3) is 0 Å². The molecule has 0 atom stereocenters. The summed E-state index contributed by atoms with van der Waals surface area (Å²) in [6.45, 7) is -0.0549. The van der Waals surface area contributed by atoms with Gasteiger partial charge in [0.15, 0.2) is 11.5 Å². The summed E-state index contributed by atoms with van der Waals surface area (Å²) in [7, 11) is 6.43. The summed E-state index contributed by atoms with van der Waals surface area (Å²) in [4.78, 5) is 35.9. The number of carbonyl (C=O) groups excluding carboxylic acids is 3. The van der Waals surface area contributed by atoms with Gasteiger partial charge in [-0.3, -0.25) is 0 Å². The zero-order valence-corrected chi connectivity index (χ0v) is 15.5. The lowest BCUT2D eigenvalue weighted by Gasteiger charge is -2.20. The van der Waals surface area contributed by atoms with Crippen LogP contribution in [-0.4, -0.2) is 53.5 Å². The smallest absolute Gasteiger partial charge is 0.354 e.